The Morgan fingerprint density at radius 3 is 2.04 bits per heavy atom. The van der Waals surface area contributed by atoms with E-state index >= 15 is 0 Å². The Hall–Kier alpha value is -3.19. The third-order valence-corrected chi connectivity index (χ3v) is 5.97. The van der Waals surface area contributed by atoms with Crippen molar-refractivity contribution in [1.29, 1.82) is 0 Å². The van der Waals surface area contributed by atoms with Gasteiger partial charge in [-0.2, -0.15) is 0 Å². The number of halogens is 1. The third kappa shape index (κ3) is 4.20. The first-order chi connectivity index (χ1) is 13.3. The molecule has 0 heterocycles. The smallest absolute Gasteiger partial charge is 0.343 e. The van der Waals surface area contributed by atoms with Gasteiger partial charge in [-0.05, 0) is 67.6 Å². The number of carbonyl (C=O) groups excluding carboxylic acids is 1. The number of anilines is 1. The summed E-state index contributed by atoms with van der Waals surface area (Å²) in [6.45, 7) is 1.88. The summed E-state index contributed by atoms with van der Waals surface area (Å²) >= 11 is 0. The van der Waals surface area contributed by atoms with Gasteiger partial charge in [-0.25, -0.2) is 17.6 Å². The van der Waals surface area contributed by atoms with Gasteiger partial charge in [0.2, 0.25) is 0 Å². The second kappa shape index (κ2) is 7.82. The molecule has 0 radical (unpaired) electrons. The van der Waals surface area contributed by atoms with Crippen LogP contribution in [0.4, 0.5) is 10.1 Å². The van der Waals surface area contributed by atoms with E-state index in [1.165, 1.54) is 55.6 Å². The van der Waals surface area contributed by atoms with Gasteiger partial charge in [0.15, 0.2) is 0 Å². The molecule has 0 aliphatic heterocycles. The molecule has 0 N–H and O–H groups in total. The van der Waals surface area contributed by atoms with Gasteiger partial charge in [-0.3, -0.25) is 4.31 Å². The lowest BCUT2D eigenvalue weighted by Crippen LogP contribution is -2.26. The first-order valence-corrected chi connectivity index (χ1v) is 9.85. The minimum atomic E-state index is -3.71. The maximum absolute atomic E-state index is 12.9. The first kappa shape index (κ1) is 19.6. The molecular weight excluding hydrogens is 381 g/mol. The number of carbonyl (C=O) groups is 1. The number of esters is 1. The molecule has 0 unspecified atom stereocenters. The largest absolute Gasteiger partial charge is 0.423 e. The Labute approximate surface area is 163 Å². The molecule has 0 aliphatic rings. The van der Waals surface area contributed by atoms with Crippen molar-refractivity contribution in [3.63, 3.8) is 0 Å². The average molecular weight is 399 g/mol. The van der Waals surface area contributed by atoms with Gasteiger partial charge < -0.3 is 4.74 Å². The molecule has 0 aliphatic carbocycles. The predicted molar refractivity (Wildman–Crippen MR) is 105 cm³/mol. The molecule has 0 spiro atoms. The topological polar surface area (TPSA) is 63.7 Å². The molecule has 5 nitrogen and oxygen atoms in total. The van der Waals surface area contributed by atoms with Crippen LogP contribution < -0.4 is 9.04 Å². The van der Waals surface area contributed by atoms with Crippen LogP contribution in [0.3, 0.4) is 0 Å². The second-order valence-corrected chi connectivity index (χ2v) is 8.15. The van der Waals surface area contributed by atoms with Crippen LogP contribution in [0.5, 0.6) is 5.75 Å². The lowest BCUT2D eigenvalue weighted by Gasteiger charge is -2.19. The lowest BCUT2D eigenvalue weighted by molar-refractivity contribution is 0.0734. The van der Waals surface area contributed by atoms with Crippen molar-refractivity contribution >= 4 is 21.7 Å². The normalized spacial score (nSPS) is 11.1. The van der Waals surface area contributed by atoms with E-state index < -0.39 is 21.8 Å². The van der Waals surface area contributed by atoms with Gasteiger partial charge in [-0.15, -0.1) is 0 Å². The van der Waals surface area contributed by atoms with Gasteiger partial charge in [-0.1, -0.05) is 17.7 Å². The highest BCUT2D eigenvalue weighted by atomic mass is 32.2. The van der Waals surface area contributed by atoms with Crippen LogP contribution in [0.1, 0.15) is 15.9 Å². The van der Waals surface area contributed by atoms with Crippen molar-refractivity contribution in [3.8, 4) is 5.75 Å². The molecule has 0 saturated carbocycles. The van der Waals surface area contributed by atoms with E-state index in [2.05, 4.69) is 0 Å². The average Bonchev–Trinajstić information content (AvgIpc) is 2.69. The van der Waals surface area contributed by atoms with Gasteiger partial charge in [0, 0.05) is 7.05 Å². The van der Waals surface area contributed by atoms with Crippen LogP contribution in [0, 0.1) is 12.7 Å². The summed E-state index contributed by atoms with van der Waals surface area (Å²) in [6.07, 6.45) is 0. The molecule has 144 valence electrons. The van der Waals surface area contributed by atoms with E-state index in [4.69, 9.17) is 4.74 Å². The van der Waals surface area contributed by atoms with Gasteiger partial charge in [0.25, 0.3) is 10.0 Å². The zero-order chi connectivity index (χ0) is 20.3. The molecule has 0 bridgehead atoms. The number of hydrogen-bond acceptors (Lipinski definition) is 4. The van der Waals surface area contributed by atoms with Gasteiger partial charge in [0.05, 0.1) is 16.1 Å². The van der Waals surface area contributed by atoms with Crippen molar-refractivity contribution in [2.75, 3.05) is 11.4 Å². The fourth-order valence-electron chi connectivity index (χ4n) is 2.48. The summed E-state index contributed by atoms with van der Waals surface area (Å²) < 4.78 is 44.7. The Balaban J connectivity index is 1.76. The van der Waals surface area contributed by atoms with Crippen LogP contribution in [0.2, 0.25) is 0 Å². The zero-order valence-electron chi connectivity index (χ0n) is 15.3. The van der Waals surface area contributed by atoms with Crippen LogP contribution in [-0.4, -0.2) is 21.4 Å². The SMILES string of the molecule is Cc1ccc(S(=O)(=O)N(C)c2ccc(C(=O)Oc3ccc(F)cc3)cc2)cc1. The summed E-state index contributed by atoms with van der Waals surface area (Å²) in [7, 11) is -2.27. The maximum Gasteiger partial charge on any atom is 0.343 e. The number of hydrogen-bond donors (Lipinski definition) is 0. The first-order valence-electron chi connectivity index (χ1n) is 8.41. The van der Waals surface area contributed by atoms with E-state index in [0.717, 1.165) is 9.87 Å². The summed E-state index contributed by atoms with van der Waals surface area (Å²) in [5, 5.41) is 0. The number of aryl methyl sites for hydroxylation is 1. The second-order valence-electron chi connectivity index (χ2n) is 6.18. The van der Waals surface area contributed by atoms with E-state index in [9.17, 15) is 17.6 Å². The molecule has 0 amide bonds. The van der Waals surface area contributed by atoms with Crippen LogP contribution in [0.15, 0.2) is 77.7 Å². The Morgan fingerprint density at radius 2 is 1.46 bits per heavy atom. The van der Waals surface area contributed by atoms with Gasteiger partial charge >= 0.3 is 5.97 Å². The Morgan fingerprint density at radius 1 is 0.893 bits per heavy atom. The van der Waals surface area contributed by atoms with Crippen LogP contribution in [-0.2, 0) is 10.0 Å². The van der Waals surface area contributed by atoms with E-state index in [1.54, 1.807) is 24.3 Å². The summed E-state index contributed by atoms with van der Waals surface area (Å²) in [4.78, 5) is 12.4. The summed E-state index contributed by atoms with van der Waals surface area (Å²) in [5.41, 5.74) is 1.61. The Bertz CT molecular complexity index is 1080. The lowest BCUT2D eigenvalue weighted by atomic mass is 10.2. The van der Waals surface area contributed by atoms with Crippen molar-refractivity contribution in [1.82, 2.24) is 0 Å². The monoisotopic (exact) mass is 399 g/mol. The summed E-state index contributed by atoms with van der Waals surface area (Å²) in [6, 6.07) is 17.6. The minimum Gasteiger partial charge on any atom is -0.423 e. The summed E-state index contributed by atoms with van der Waals surface area (Å²) in [5.74, 6) is -0.835. The zero-order valence-corrected chi connectivity index (χ0v) is 16.1. The molecular formula is C21H18FNO4S. The van der Waals surface area contributed by atoms with Crippen molar-refractivity contribution in [2.45, 2.75) is 11.8 Å². The number of ether oxygens (including phenoxy) is 1. The molecule has 0 aromatic heterocycles. The molecule has 7 heteroatoms. The molecule has 0 fully saturated rings. The molecule has 3 aromatic rings. The molecule has 0 saturated heterocycles. The van der Waals surface area contributed by atoms with E-state index in [0.29, 0.717) is 5.69 Å². The van der Waals surface area contributed by atoms with Crippen molar-refractivity contribution in [2.24, 2.45) is 0 Å². The fourth-order valence-corrected chi connectivity index (χ4v) is 3.68. The molecule has 0 atom stereocenters. The van der Waals surface area contributed by atoms with Crippen molar-refractivity contribution < 1.29 is 22.3 Å². The van der Waals surface area contributed by atoms with Crippen LogP contribution >= 0.6 is 0 Å². The van der Waals surface area contributed by atoms with Crippen LogP contribution in [0.25, 0.3) is 0 Å². The van der Waals surface area contributed by atoms with E-state index in [1.807, 2.05) is 6.92 Å². The quantitative estimate of drug-likeness (QED) is 0.477. The van der Waals surface area contributed by atoms with Gasteiger partial charge in [0.1, 0.15) is 11.6 Å². The van der Waals surface area contributed by atoms with Crippen molar-refractivity contribution in [3.05, 3.63) is 89.7 Å². The highest BCUT2D eigenvalue weighted by Gasteiger charge is 2.21. The standard InChI is InChI=1S/C21H18FNO4S/c1-15-3-13-20(14-4-15)28(25,26)23(2)18-9-5-16(6-10-18)21(24)27-19-11-7-17(22)8-12-19/h3-14H,1-2H3. The third-order valence-electron chi connectivity index (χ3n) is 4.17. The molecule has 3 aromatic carbocycles. The predicted octanol–water partition coefficient (Wildman–Crippen LogP) is 4.18. The van der Waals surface area contributed by atoms with E-state index in [-0.39, 0.29) is 16.2 Å². The molecule has 28 heavy (non-hydrogen) atoms. The highest BCUT2D eigenvalue weighted by molar-refractivity contribution is 7.92. The number of sulfonamides is 1. The minimum absolute atomic E-state index is 0.181. The molecule has 3 rings (SSSR count). The maximum atomic E-state index is 12.9. The number of nitrogens with zero attached hydrogens (tertiary/aromatic N) is 1. The number of benzene rings is 3. The fraction of sp³-hybridized carbons (Fsp3) is 0.0952. The Kier molecular flexibility index (Phi) is 5.46. The highest BCUT2D eigenvalue weighted by Crippen LogP contribution is 2.23. The number of rotatable bonds is 5.